The van der Waals surface area contributed by atoms with Crippen LogP contribution in [-0.4, -0.2) is 27.6 Å². The third-order valence-corrected chi connectivity index (χ3v) is 5.20. The number of carbonyl (C=O) groups is 1. The van der Waals surface area contributed by atoms with E-state index in [9.17, 15) is 4.79 Å². The number of aromatic nitrogens is 2. The van der Waals surface area contributed by atoms with E-state index in [0.717, 1.165) is 22.2 Å². The van der Waals surface area contributed by atoms with Gasteiger partial charge in [0.25, 0.3) is 0 Å². The largest absolute Gasteiger partial charge is 0.352 e. The van der Waals surface area contributed by atoms with Gasteiger partial charge < -0.3 is 5.32 Å². The molecule has 0 aliphatic carbocycles. The monoisotopic (exact) mass is 405 g/mol. The minimum atomic E-state index is -0.154. The second-order valence-corrected chi connectivity index (χ2v) is 7.42. The first-order chi connectivity index (χ1) is 12.6. The fraction of sp³-hybridized carbons (Fsp3) is 0.158. The smallest absolute Gasteiger partial charge is 0.244 e. The average molecular weight is 406 g/mol. The van der Waals surface area contributed by atoms with E-state index in [4.69, 9.17) is 23.2 Å². The van der Waals surface area contributed by atoms with Gasteiger partial charge in [-0.25, -0.2) is 4.98 Å². The molecular weight excluding hydrogens is 389 g/mol. The molecule has 0 atom stereocenters. The van der Waals surface area contributed by atoms with Gasteiger partial charge in [-0.2, -0.15) is 11.8 Å². The number of nitrogens with zero attached hydrogens (tertiary/aromatic N) is 2. The van der Waals surface area contributed by atoms with E-state index < -0.39 is 0 Å². The van der Waals surface area contributed by atoms with E-state index in [2.05, 4.69) is 10.3 Å². The zero-order valence-electron chi connectivity index (χ0n) is 13.9. The maximum atomic E-state index is 12.0. The number of hydrogen-bond donors (Lipinski definition) is 1. The Morgan fingerprint density at radius 3 is 2.81 bits per heavy atom. The highest BCUT2D eigenvalue weighted by molar-refractivity contribution is 7.98. The number of amides is 1. The maximum absolute atomic E-state index is 12.0. The number of imidazole rings is 1. The quantitative estimate of drug-likeness (QED) is 0.457. The minimum absolute atomic E-state index is 0.154. The van der Waals surface area contributed by atoms with Gasteiger partial charge in [0.05, 0.1) is 5.69 Å². The van der Waals surface area contributed by atoms with Crippen LogP contribution < -0.4 is 5.32 Å². The number of benzene rings is 1. The lowest BCUT2D eigenvalue weighted by molar-refractivity contribution is -0.116. The molecule has 0 saturated heterocycles. The highest BCUT2D eigenvalue weighted by Crippen LogP contribution is 2.19. The molecule has 1 amide bonds. The average Bonchev–Trinajstić information content (AvgIpc) is 2.96. The van der Waals surface area contributed by atoms with Gasteiger partial charge in [-0.15, -0.1) is 0 Å². The number of carbonyl (C=O) groups excluding carboxylic acids is 1. The van der Waals surface area contributed by atoms with E-state index >= 15 is 0 Å². The van der Waals surface area contributed by atoms with Crippen LogP contribution in [0.15, 0.2) is 54.7 Å². The summed E-state index contributed by atoms with van der Waals surface area (Å²) >= 11 is 13.8. The van der Waals surface area contributed by atoms with Gasteiger partial charge in [0.15, 0.2) is 5.15 Å². The van der Waals surface area contributed by atoms with Crippen molar-refractivity contribution >= 4 is 52.6 Å². The van der Waals surface area contributed by atoms with E-state index in [1.54, 1.807) is 17.8 Å². The topological polar surface area (TPSA) is 46.4 Å². The third kappa shape index (κ3) is 5.04. The first-order valence-electron chi connectivity index (χ1n) is 8.04. The van der Waals surface area contributed by atoms with E-state index in [0.29, 0.717) is 17.4 Å². The summed E-state index contributed by atoms with van der Waals surface area (Å²) in [5.74, 6) is 1.57. The van der Waals surface area contributed by atoms with Crippen LogP contribution in [0.5, 0.6) is 0 Å². The Morgan fingerprint density at radius 2 is 2.00 bits per heavy atom. The van der Waals surface area contributed by atoms with Crippen LogP contribution in [-0.2, 0) is 10.5 Å². The van der Waals surface area contributed by atoms with Gasteiger partial charge in [-0.05, 0) is 35.9 Å². The molecule has 1 N–H and O–H groups in total. The summed E-state index contributed by atoms with van der Waals surface area (Å²) in [5.41, 5.74) is 2.65. The lowest BCUT2D eigenvalue weighted by Gasteiger charge is -2.03. The van der Waals surface area contributed by atoms with Crippen LogP contribution in [0.3, 0.4) is 0 Å². The predicted molar refractivity (Wildman–Crippen MR) is 110 cm³/mol. The number of nitrogens with one attached hydrogen (secondary N) is 1. The fourth-order valence-corrected chi connectivity index (χ4v) is 3.55. The van der Waals surface area contributed by atoms with Crippen molar-refractivity contribution in [3.05, 3.63) is 76.2 Å². The van der Waals surface area contributed by atoms with Crippen molar-refractivity contribution in [3.63, 3.8) is 0 Å². The standard InChI is InChI=1S/C19H17Cl2N3OS/c20-15-6-4-14(5-7-15)13-26-12-10-22-18(25)9-8-16-19(21)23-17-3-1-2-11-24(16)17/h1-9,11H,10,12-13H2,(H,22,25)/b9-8+. The molecule has 0 aliphatic heterocycles. The lowest BCUT2D eigenvalue weighted by atomic mass is 10.2. The van der Waals surface area contributed by atoms with Crippen molar-refractivity contribution in [1.29, 1.82) is 0 Å². The summed E-state index contributed by atoms with van der Waals surface area (Å²) < 4.78 is 1.84. The van der Waals surface area contributed by atoms with Crippen molar-refractivity contribution in [1.82, 2.24) is 14.7 Å². The van der Waals surface area contributed by atoms with Crippen molar-refractivity contribution in [2.45, 2.75) is 5.75 Å². The summed E-state index contributed by atoms with van der Waals surface area (Å²) in [6.45, 7) is 0.600. The molecule has 1 aromatic carbocycles. The van der Waals surface area contributed by atoms with Crippen molar-refractivity contribution in [3.8, 4) is 0 Å². The highest BCUT2D eigenvalue weighted by Gasteiger charge is 2.07. The van der Waals surface area contributed by atoms with Gasteiger partial charge in [0, 0.05) is 35.3 Å². The van der Waals surface area contributed by atoms with Gasteiger partial charge in [0.2, 0.25) is 5.91 Å². The number of thioether (sulfide) groups is 1. The van der Waals surface area contributed by atoms with Crippen LogP contribution >= 0.6 is 35.0 Å². The SMILES string of the molecule is O=C(/C=C/c1c(Cl)nc2ccccn12)NCCSCc1ccc(Cl)cc1. The molecule has 3 rings (SSSR count). The molecule has 134 valence electrons. The summed E-state index contributed by atoms with van der Waals surface area (Å²) in [6, 6.07) is 13.4. The summed E-state index contributed by atoms with van der Waals surface area (Å²) in [7, 11) is 0. The third-order valence-electron chi connectivity index (χ3n) is 3.64. The van der Waals surface area contributed by atoms with Crippen LogP contribution in [0.4, 0.5) is 0 Å². The van der Waals surface area contributed by atoms with Crippen LogP contribution in [0, 0.1) is 0 Å². The number of fused-ring (bicyclic) bond motifs is 1. The molecule has 0 unspecified atom stereocenters. The molecule has 2 heterocycles. The Morgan fingerprint density at radius 1 is 1.19 bits per heavy atom. The first kappa shape index (κ1) is 18.8. The van der Waals surface area contributed by atoms with Crippen molar-refractivity contribution in [2.75, 3.05) is 12.3 Å². The Kier molecular flexibility index (Phi) is 6.61. The molecule has 4 nitrogen and oxygen atoms in total. The molecule has 0 bridgehead atoms. The number of halogens is 2. The van der Waals surface area contributed by atoms with Crippen LogP contribution in [0.25, 0.3) is 11.7 Å². The first-order valence-corrected chi connectivity index (χ1v) is 9.95. The van der Waals surface area contributed by atoms with Crippen LogP contribution in [0.1, 0.15) is 11.3 Å². The maximum Gasteiger partial charge on any atom is 0.244 e. The second-order valence-electron chi connectivity index (χ2n) is 5.52. The molecule has 0 fully saturated rings. The number of rotatable bonds is 7. The molecule has 26 heavy (non-hydrogen) atoms. The van der Waals surface area contributed by atoms with Gasteiger partial charge in [0.1, 0.15) is 5.65 Å². The van der Waals surface area contributed by atoms with Gasteiger partial charge in [-0.1, -0.05) is 41.4 Å². The van der Waals surface area contributed by atoms with Crippen LogP contribution in [0.2, 0.25) is 10.2 Å². The summed E-state index contributed by atoms with van der Waals surface area (Å²) in [4.78, 5) is 16.2. The molecular formula is C19H17Cl2N3OS. The molecule has 3 aromatic rings. The Labute approximate surface area is 166 Å². The Bertz CT molecular complexity index is 922. The van der Waals surface area contributed by atoms with Crippen molar-refractivity contribution < 1.29 is 4.79 Å². The molecule has 0 spiro atoms. The van der Waals surface area contributed by atoms with E-state index in [1.807, 2.05) is 53.1 Å². The Hall–Kier alpha value is -1.95. The zero-order chi connectivity index (χ0) is 18.4. The summed E-state index contributed by atoms with van der Waals surface area (Å²) in [5, 5.41) is 3.98. The molecule has 2 aromatic heterocycles. The second kappa shape index (κ2) is 9.12. The highest BCUT2D eigenvalue weighted by atomic mass is 35.5. The van der Waals surface area contributed by atoms with E-state index in [-0.39, 0.29) is 5.91 Å². The van der Waals surface area contributed by atoms with E-state index in [1.165, 1.54) is 11.6 Å². The predicted octanol–water partition coefficient (Wildman–Crippen LogP) is 4.70. The Balaban J connectivity index is 1.44. The van der Waals surface area contributed by atoms with Gasteiger partial charge in [-0.3, -0.25) is 9.20 Å². The minimum Gasteiger partial charge on any atom is -0.352 e. The number of pyridine rings is 1. The summed E-state index contributed by atoms with van der Waals surface area (Å²) in [6.07, 6.45) is 5.02. The zero-order valence-corrected chi connectivity index (χ0v) is 16.2. The normalized spacial score (nSPS) is 11.3. The lowest BCUT2D eigenvalue weighted by Crippen LogP contribution is -2.23. The number of hydrogen-bond acceptors (Lipinski definition) is 3. The van der Waals surface area contributed by atoms with Gasteiger partial charge >= 0.3 is 0 Å². The molecule has 0 aliphatic rings. The molecule has 7 heteroatoms. The molecule has 0 saturated carbocycles. The van der Waals surface area contributed by atoms with Crippen molar-refractivity contribution in [2.24, 2.45) is 0 Å². The molecule has 0 radical (unpaired) electrons. The fourth-order valence-electron chi connectivity index (χ4n) is 2.37.